The van der Waals surface area contributed by atoms with Gasteiger partial charge in [0.25, 0.3) is 0 Å². The maximum Gasteiger partial charge on any atom is 0.0949 e. The van der Waals surface area contributed by atoms with Gasteiger partial charge in [0, 0.05) is 45.1 Å². The fourth-order valence-electron chi connectivity index (χ4n) is 3.53. The first-order valence-electron chi connectivity index (χ1n) is 8.92. The van der Waals surface area contributed by atoms with E-state index in [0.717, 1.165) is 30.8 Å². The molecule has 1 aliphatic rings. The Morgan fingerprint density at radius 1 is 1.15 bits per heavy atom. The van der Waals surface area contributed by atoms with Crippen LogP contribution < -0.4 is 0 Å². The van der Waals surface area contributed by atoms with Crippen molar-refractivity contribution in [3.63, 3.8) is 0 Å². The van der Waals surface area contributed by atoms with E-state index in [-0.39, 0.29) is 6.04 Å². The van der Waals surface area contributed by atoms with Gasteiger partial charge < -0.3 is 9.30 Å². The highest BCUT2D eigenvalue weighted by Crippen LogP contribution is 2.30. The minimum absolute atomic E-state index is 0.171. The second kappa shape index (κ2) is 7.76. The largest absolute Gasteiger partial charge is 0.375 e. The number of hydrogen-bond acceptors (Lipinski definition) is 5. The van der Waals surface area contributed by atoms with Crippen LogP contribution in [-0.2, 0) is 31.4 Å². The number of pyridine rings is 2. The lowest BCUT2D eigenvalue weighted by molar-refractivity contribution is 0.0372. The molecule has 0 N–H and O–H groups in total. The quantitative estimate of drug-likeness (QED) is 0.684. The number of fused-ring (bicyclic) bond motifs is 1. The van der Waals surface area contributed by atoms with Crippen LogP contribution in [0.1, 0.15) is 28.7 Å². The zero-order chi connectivity index (χ0) is 17.8. The first kappa shape index (κ1) is 16.9. The molecule has 3 aromatic rings. The summed E-state index contributed by atoms with van der Waals surface area (Å²) in [7, 11) is 2.06. The molecule has 4 heterocycles. The molecule has 1 unspecified atom stereocenters. The van der Waals surface area contributed by atoms with Gasteiger partial charge in [0.2, 0.25) is 0 Å². The molecule has 0 bridgehead atoms. The molecule has 0 fully saturated rings. The number of imidazole rings is 1. The molecule has 0 saturated carbocycles. The first-order valence-corrected chi connectivity index (χ1v) is 8.92. The summed E-state index contributed by atoms with van der Waals surface area (Å²) < 4.78 is 8.19. The Balaban J connectivity index is 1.50. The van der Waals surface area contributed by atoms with E-state index < -0.39 is 0 Å². The molecule has 0 amide bonds. The zero-order valence-corrected chi connectivity index (χ0v) is 15.0. The van der Waals surface area contributed by atoms with Gasteiger partial charge >= 0.3 is 0 Å². The van der Waals surface area contributed by atoms with Gasteiger partial charge in [-0.2, -0.15) is 0 Å². The molecule has 3 aromatic heterocycles. The Morgan fingerprint density at radius 3 is 2.92 bits per heavy atom. The Morgan fingerprint density at radius 2 is 2.12 bits per heavy atom. The van der Waals surface area contributed by atoms with Crippen LogP contribution in [0.25, 0.3) is 0 Å². The third-order valence-corrected chi connectivity index (χ3v) is 4.81. The van der Waals surface area contributed by atoms with Crippen molar-refractivity contribution in [2.45, 2.75) is 25.6 Å². The topological polar surface area (TPSA) is 56.1 Å². The normalized spacial score (nSPS) is 17.2. The Bertz CT molecular complexity index is 834. The summed E-state index contributed by atoms with van der Waals surface area (Å²) >= 11 is 0. The van der Waals surface area contributed by atoms with E-state index in [1.165, 1.54) is 11.4 Å². The highest BCUT2D eigenvalue weighted by atomic mass is 16.5. The molecule has 6 nitrogen and oxygen atoms in total. The summed E-state index contributed by atoms with van der Waals surface area (Å²) in [6.07, 6.45) is 8.34. The lowest BCUT2D eigenvalue weighted by Gasteiger charge is -2.35. The minimum atomic E-state index is 0.171. The van der Waals surface area contributed by atoms with Gasteiger partial charge in [-0.25, -0.2) is 4.98 Å². The summed E-state index contributed by atoms with van der Waals surface area (Å²) in [5, 5.41) is 0. The van der Waals surface area contributed by atoms with E-state index in [4.69, 9.17) is 4.74 Å². The lowest BCUT2D eigenvalue weighted by atomic mass is 10.0. The van der Waals surface area contributed by atoms with Crippen LogP contribution in [0, 0.1) is 0 Å². The lowest BCUT2D eigenvalue weighted by Crippen LogP contribution is -2.38. The zero-order valence-electron chi connectivity index (χ0n) is 15.0. The summed E-state index contributed by atoms with van der Waals surface area (Å²) in [4.78, 5) is 15.6. The number of hydrogen-bond donors (Lipinski definition) is 0. The van der Waals surface area contributed by atoms with Crippen molar-refractivity contribution in [2.75, 3.05) is 13.2 Å². The molecule has 0 saturated heterocycles. The molecule has 0 aromatic carbocycles. The average molecular weight is 349 g/mol. The van der Waals surface area contributed by atoms with E-state index in [9.17, 15) is 0 Å². The van der Waals surface area contributed by atoms with E-state index >= 15 is 0 Å². The second-order valence-electron chi connectivity index (χ2n) is 6.62. The third kappa shape index (κ3) is 3.66. The van der Waals surface area contributed by atoms with Gasteiger partial charge in [0.1, 0.15) is 0 Å². The van der Waals surface area contributed by atoms with Gasteiger partial charge in [-0.05, 0) is 23.8 Å². The van der Waals surface area contributed by atoms with Crippen LogP contribution in [-0.4, -0.2) is 37.6 Å². The predicted octanol–water partition coefficient (Wildman–Crippen LogP) is 2.53. The van der Waals surface area contributed by atoms with Crippen molar-refractivity contribution < 1.29 is 4.74 Å². The number of nitrogens with zero attached hydrogens (tertiary/aromatic N) is 5. The highest BCUT2D eigenvalue weighted by molar-refractivity contribution is 5.22. The maximum absolute atomic E-state index is 6.07. The summed E-state index contributed by atoms with van der Waals surface area (Å²) in [5.41, 5.74) is 4.60. The number of aromatic nitrogens is 4. The fraction of sp³-hybridized carbons (Fsp3) is 0.350. The van der Waals surface area contributed by atoms with Gasteiger partial charge in [0.05, 0.1) is 42.7 Å². The van der Waals surface area contributed by atoms with Crippen molar-refractivity contribution in [3.8, 4) is 0 Å². The molecular formula is C20H23N5O. The summed E-state index contributed by atoms with van der Waals surface area (Å²) in [6, 6.07) is 10.2. The van der Waals surface area contributed by atoms with Crippen molar-refractivity contribution in [1.82, 2.24) is 24.4 Å². The van der Waals surface area contributed by atoms with E-state index in [1.807, 2.05) is 43.0 Å². The third-order valence-electron chi connectivity index (χ3n) is 4.81. The first-order chi connectivity index (χ1) is 12.8. The average Bonchev–Trinajstić information content (AvgIpc) is 3.06. The van der Waals surface area contributed by atoms with Crippen LogP contribution >= 0.6 is 0 Å². The SMILES string of the molecule is Cn1cnc2c1C(COCc1cccnc1)N(Cc1ccccn1)CC2. The molecule has 1 atom stereocenters. The van der Waals surface area contributed by atoms with Gasteiger partial charge in [-0.3, -0.25) is 14.9 Å². The summed E-state index contributed by atoms with van der Waals surface area (Å²) in [6.45, 7) is 2.96. The number of ether oxygens (including phenoxy) is 1. The molecule has 26 heavy (non-hydrogen) atoms. The fourth-order valence-corrected chi connectivity index (χ4v) is 3.53. The maximum atomic E-state index is 6.07. The molecular weight excluding hydrogens is 326 g/mol. The molecule has 6 heteroatoms. The van der Waals surface area contributed by atoms with Crippen LogP contribution in [0.15, 0.2) is 55.2 Å². The van der Waals surface area contributed by atoms with Crippen molar-refractivity contribution in [3.05, 3.63) is 77.9 Å². The molecule has 0 radical (unpaired) electrons. The highest BCUT2D eigenvalue weighted by Gasteiger charge is 2.31. The van der Waals surface area contributed by atoms with Crippen LogP contribution in [0.3, 0.4) is 0 Å². The van der Waals surface area contributed by atoms with E-state index in [0.29, 0.717) is 13.2 Å². The van der Waals surface area contributed by atoms with Gasteiger partial charge in [-0.1, -0.05) is 12.1 Å². The Hall–Kier alpha value is -2.57. The van der Waals surface area contributed by atoms with E-state index in [1.54, 1.807) is 6.20 Å². The van der Waals surface area contributed by atoms with Crippen LogP contribution in [0.4, 0.5) is 0 Å². The predicted molar refractivity (Wildman–Crippen MR) is 98.2 cm³/mol. The van der Waals surface area contributed by atoms with E-state index in [2.05, 4.69) is 37.5 Å². The minimum Gasteiger partial charge on any atom is -0.375 e. The Kier molecular flexibility index (Phi) is 5.04. The number of rotatable bonds is 6. The monoisotopic (exact) mass is 349 g/mol. The van der Waals surface area contributed by atoms with Crippen molar-refractivity contribution in [2.24, 2.45) is 7.05 Å². The molecule has 0 spiro atoms. The van der Waals surface area contributed by atoms with Crippen molar-refractivity contribution in [1.29, 1.82) is 0 Å². The molecule has 1 aliphatic heterocycles. The number of aryl methyl sites for hydroxylation is 1. The molecule has 0 aliphatic carbocycles. The van der Waals surface area contributed by atoms with Gasteiger partial charge in [-0.15, -0.1) is 0 Å². The second-order valence-corrected chi connectivity index (χ2v) is 6.62. The smallest absolute Gasteiger partial charge is 0.0949 e. The molecule has 4 rings (SSSR count). The van der Waals surface area contributed by atoms with Gasteiger partial charge in [0.15, 0.2) is 0 Å². The Labute approximate surface area is 153 Å². The molecule has 134 valence electrons. The van der Waals surface area contributed by atoms with Crippen LogP contribution in [0.5, 0.6) is 0 Å². The standard InChI is InChI=1S/C20H23N5O/c1-24-15-23-18-7-10-25(12-17-6-2-3-9-22-17)19(20(18)24)14-26-13-16-5-4-8-21-11-16/h2-6,8-9,11,15,19H,7,10,12-14H2,1H3. The van der Waals surface area contributed by atoms with Crippen molar-refractivity contribution >= 4 is 0 Å². The summed E-state index contributed by atoms with van der Waals surface area (Å²) in [5.74, 6) is 0. The van der Waals surface area contributed by atoms with Crippen LogP contribution in [0.2, 0.25) is 0 Å².